The van der Waals surface area contributed by atoms with Crippen LogP contribution in [0, 0.1) is 23.2 Å². The Hall–Kier alpha value is -3.67. The van der Waals surface area contributed by atoms with Gasteiger partial charge in [-0.2, -0.15) is 5.26 Å². The minimum absolute atomic E-state index is 0.216. The number of hydrogen-bond donors (Lipinski definition) is 1. The van der Waals surface area contributed by atoms with Crippen LogP contribution in [0.3, 0.4) is 0 Å². The lowest BCUT2D eigenvalue weighted by atomic mass is 9.92. The zero-order valence-corrected chi connectivity index (χ0v) is 16.9. The topological polar surface area (TPSA) is 108 Å². The van der Waals surface area contributed by atoms with Gasteiger partial charge in [-0.1, -0.05) is 13.8 Å². The highest BCUT2D eigenvalue weighted by molar-refractivity contribution is 5.90. The van der Waals surface area contributed by atoms with E-state index in [0.29, 0.717) is 34.6 Å². The summed E-state index contributed by atoms with van der Waals surface area (Å²) < 4.78 is 2.58. The molecule has 1 N–H and O–H groups in total. The molecule has 1 fully saturated rings. The molecular formula is C21H23N7O2. The molecule has 2 aromatic heterocycles. The number of fused-ring (bicyclic) bond motifs is 1. The Balaban J connectivity index is 1.58. The van der Waals surface area contributed by atoms with E-state index >= 15 is 0 Å². The van der Waals surface area contributed by atoms with Gasteiger partial charge in [0.2, 0.25) is 11.6 Å². The van der Waals surface area contributed by atoms with Crippen molar-refractivity contribution in [3.05, 3.63) is 52.7 Å². The van der Waals surface area contributed by atoms with E-state index in [1.54, 1.807) is 36.7 Å². The van der Waals surface area contributed by atoms with E-state index in [2.05, 4.69) is 34.1 Å². The second-order valence-corrected chi connectivity index (χ2v) is 7.97. The molecule has 3 aromatic rings. The molecule has 9 heteroatoms. The van der Waals surface area contributed by atoms with Crippen molar-refractivity contribution >= 4 is 23.1 Å². The van der Waals surface area contributed by atoms with Crippen molar-refractivity contribution in [2.45, 2.75) is 26.8 Å². The molecule has 1 aromatic carbocycles. The largest absolute Gasteiger partial charge is 0.353 e. The Morgan fingerprint density at radius 3 is 2.60 bits per heavy atom. The molecule has 2 atom stereocenters. The maximum absolute atomic E-state index is 12.8. The van der Waals surface area contributed by atoms with Gasteiger partial charge in [0.25, 0.3) is 0 Å². The van der Waals surface area contributed by atoms with Crippen molar-refractivity contribution in [1.82, 2.24) is 19.2 Å². The minimum atomic E-state index is -0.387. The second-order valence-electron chi connectivity index (χ2n) is 7.97. The van der Waals surface area contributed by atoms with Gasteiger partial charge in [-0.15, -0.1) is 5.10 Å². The Bertz CT molecular complexity index is 1160. The average Bonchev–Trinajstić information content (AvgIpc) is 3.03. The van der Waals surface area contributed by atoms with Gasteiger partial charge in [0, 0.05) is 31.2 Å². The molecule has 9 nitrogen and oxygen atoms in total. The predicted octanol–water partition coefficient (Wildman–Crippen LogP) is 1.88. The number of anilines is 2. The third-order valence-corrected chi connectivity index (χ3v) is 5.24. The number of rotatable bonds is 4. The zero-order chi connectivity index (χ0) is 21.3. The summed E-state index contributed by atoms with van der Waals surface area (Å²) in [6.45, 7) is 5.92. The molecule has 154 valence electrons. The molecule has 1 aliphatic rings. The molecule has 0 spiro atoms. The van der Waals surface area contributed by atoms with Crippen LogP contribution < -0.4 is 15.9 Å². The first-order valence-electron chi connectivity index (χ1n) is 9.93. The van der Waals surface area contributed by atoms with E-state index in [-0.39, 0.29) is 18.1 Å². The number of nitriles is 1. The normalized spacial score (nSPS) is 18.9. The van der Waals surface area contributed by atoms with Crippen LogP contribution in [0.15, 0.2) is 41.5 Å². The molecule has 1 saturated heterocycles. The predicted molar refractivity (Wildman–Crippen MR) is 112 cm³/mol. The van der Waals surface area contributed by atoms with Gasteiger partial charge in [-0.25, -0.2) is 18.9 Å². The Labute approximate surface area is 173 Å². The van der Waals surface area contributed by atoms with Gasteiger partial charge in [0.05, 0.1) is 11.6 Å². The smallest absolute Gasteiger partial charge is 0.350 e. The first kappa shape index (κ1) is 19.6. The van der Waals surface area contributed by atoms with Crippen molar-refractivity contribution in [2.75, 3.05) is 23.3 Å². The monoisotopic (exact) mass is 405 g/mol. The molecule has 4 rings (SSSR count). The Morgan fingerprint density at radius 1 is 1.23 bits per heavy atom. The fourth-order valence-electron chi connectivity index (χ4n) is 4.06. The van der Waals surface area contributed by atoms with Crippen molar-refractivity contribution in [3.8, 4) is 6.07 Å². The van der Waals surface area contributed by atoms with E-state index < -0.39 is 0 Å². The third-order valence-electron chi connectivity index (χ3n) is 5.24. The van der Waals surface area contributed by atoms with E-state index in [1.807, 2.05) is 6.07 Å². The first-order chi connectivity index (χ1) is 14.4. The van der Waals surface area contributed by atoms with Gasteiger partial charge < -0.3 is 10.2 Å². The van der Waals surface area contributed by atoms with E-state index in [9.17, 15) is 9.59 Å². The van der Waals surface area contributed by atoms with Crippen LogP contribution in [0.2, 0.25) is 0 Å². The van der Waals surface area contributed by atoms with Crippen molar-refractivity contribution in [3.63, 3.8) is 0 Å². The van der Waals surface area contributed by atoms with Crippen LogP contribution in [0.4, 0.5) is 11.5 Å². The summed E-state index contributed by atoms with van der Waals surface area (Å²) in [5.41, 5.74) is 1.12. The van der Waals surface area contributed by atoms with Gasteiger partial charge in [-0.3, -0.25) is 4.79 Å². The molecule has 3 heterocycles. The highest BCUT2D eigenvalue weighted by atomic mass is 16.2. The fourth-order valence-corrected chi connectivity index (χ4v) is 4.06. The zero-order valence-electron chi connectivity index (χ0n) is 16.9. The summed E-state index contributed by atoms with van der Waals surface area (Å²) in [4.78, 5) is 31.8. The molecular weight excluding hydrogens is 382 g/mol. The third kappa shape index (κ3) is 3.89. The van der Waals surface area contributed by atoms with Crippen LogP contribution in [-0.2, 0) is 11.3 Å². The number of carbonyl (C=O) groups is 1. The fraction of sp³-hybridized carbons (Fsp3) is 0.381. The molecule has 1 aliphatic heterocycles. The second kappa shape index (κ2) is 7.99. The Morgan fingerprint density at radius 2 is 1.93 bits per heavy atom. The minimum Gasteiger partial charge on any atom is -0.353 e. The maximum atomic E-state index is 12.8. The highest BCUT2D eigenvalue weighted by Gasteiger charge is 2.25. The quantitative estimate of drug-likeness (QED) is 0.710. The van der Waals surface area contributed by atoms with Gasteiger partial charge in [-0.05, 0) is 42.5 Å². The summed E-state index contributed by atoms with van der Waals surface area (Å²) in [7, 11) is 0. The average molecular weight is 405 g/mol. The summed E-state index contributed by atoms with van der Waals surface area (Å²) in [5.74, 6) is 1.35. The lowest BCUT2D eigenvalue weighted by Crippen LogP contribution is -2.39. The van der Waals surface area contributed by atoms with Gasteiger partial charge >= 0.3 is 5.69 Å². The molecule has 0 saturated carbocycles. The lowest BCUT2D eigenvalue weighted by Gasteiger charge is -2.35. The number of piperidine rings is 1. The molecule has 0 radical (unpaired) electrons. The summed E-state index contributed by atoms with van der Waals surface area (Å²) in [6, 6.07) is 8.54. The van der Waals surface area contributed by atoms with Crippen LogP contribution >= 0.6 is 0 Å². The SMILES string of the molecule is C[C@@H]1C[C@H](C)CN(c2nccn3c(=O)n(CC(=O)Nc4ccc(C#N)cc4)nc23)C1. The molecule has 1 amide bonds. The number of carbonyl (C=O) groups excluding carboxylic acids is 1. The van der Waals surface area contributed by atoms with E-state index in [4.69, 9.17) is 5.26 Å². The van der Waals surface area contributed by atoms with Crippen molar-refractivity contribution < 1.29 is 4.79 Å². The molecule has 0 bridgehead atoms. The maximum Gasteiger partial charge on any atom is 0.350 e. The van der Waals surface area contributed by atoms with Gasteiger partial charge in [0.1, 0.15) is 6.54 Å². The van der Waals surface area contributed by atoms with E-state index in [1.165, 1.54) is 4.40 Å². The molecule has 0 unspecified atom stereocenters. The number of amides is 1. The summed E-state index contributed by atoms with van der Waals surface area (Å²) >= 11 is 0. The molecule has 0 aliphatic carbocycles. The number of hydrogen-bond acceptors (Lipinski definition) is 6. The van der Waals surface area contributed by atoms with Crippen LogP contribution in [0.25, 0.3) is 5.65 Å². The van der Waals surface area contributed by atoms with Crippen molar-refractivity contribution in [1.29, 1.82) is 5.26 Å². The number of nitrogens with one attached hydrogen (secondary N) is 1. The number of nitrogens with zero attached hydrogens (tertiary/aromatic N) is 6. The lowest BCUT2D eigenvalue weighted by molar-refractivity contribution is -0.117. The number of aromatic nitrogens is 4. The van der Waals surface area contributed by atoms with E-state index in [0.717, 1.165) is 24.2 Å². The highest BCUT2D eigenvalue weighted by Crippen LogP contribution is 2.26. The standard InChI is InChI=1S/C21H23N7O2/c1-14-9-15(2)12-26(11-14)19-20-25-28(21(30)27(20)8-7-23-19)13-18(29)24-17-5-3-16(10-22)4-6-17/h3-8,14-15H,9,11-13H2,1-2H3,(H,24,29)/t14-,15+. The van der Waals surface area contributed by atoms with Crippen LogP contribution in [0.5, 0.6) is 0 Å². The summed E-state index contributed by atoms with van der Waals surface area (Å²) in [6.07, 6.45) is 4.33. The van der Waals surface area contributed by atoms with Gasteiger partial charge in [0.15, 0.2) is 5.82 Å². The summed E-state index contributed by atoms with van der Waals surface area (Å²) in [5, 5.41) is 16.0. The van der Waals surface area contributed by atoms with Crippen LogP contribution in [0.1, 0.15) is 25.8 Å². The first-order valence-corrected chi connectivity index (χ1v) is 9.93. The number of benzene rings is 1. The Kier molecular flexibility index (Phi) is 5.23. The van der Waals surface area contributed by atoms with Crippen molar-refractivity contribution in [2.24, 2.45) is 11.8 Å². The molecule has 30 heavy (non-hydrogen) atoms. The van der Waals surface area contributed by atoms with Crippen LogP contribution in [-0.4, -0.2) is 38.2 Å².